The molecule has 1 aliphatic carbocycles. The van der Waals surface area contributed by atoms with Gasteiger partial charge in [0.25, 0.3) is 0 Å². The van der Waals surface area contributed by atoms with Gasteiger partial charge in [-0.25, -0.2) is 0 Å². The number of benzene rings is 1. The Balaban J connectivity index is 1.76. The van der Waals surface area contributed by atoms with Crippen molar-refractivity contribution in [1.82, 2.24) is 5.32 Å². The lowest BCUT2D eigenvalue weighted by Gasteiger charge is -2.14. The third-order valence-electron chi connectivity index (χ3n) is 2.72. The molecule has 0 atom stereocenters. The number of hydrogen-bond donors (Lipinski definition) is 1. The van der Waals surface area contributed by atoms with Crippen LogP contribution in [0.15, 0.2) is 24.3 Å². The highest BCUT2D eigenvalue weighted by molar-refractivity contribution is 5.49. The zero-order chi connectivity index (χ0) is 11.4. The number of hydrogen-bond acceptors (Lipinski definition) is 3. The van der Waals surface area contributed by atoms with E-state index in [4.69, 9.17) is 4.74 Å². The molecule has 1 aliphatic rings. The van der Waals surface area contributed by atoms with Gasteiger partial charge in [-0.2, -0.15) is 0 Å². The highest BCUT2D eigenvalue weighted by atomic mass is 16.5. The van der Waals surface area contributed by atoms with Crippen LogP contribution in [0.1, 0.15) is 12.8 Å². The molecule has 0 spiro atoms. The van der Waals surface area contributed by atoms with Gasteiger partial charge in [0.05, 0.1) is 0 Å². The van der Waals surface area contributed by atoms with Crippen LogP contribution in [0.2, 0.25) is 0 Å². The summed E-state index contributed by atoms with van der Waals surface area (Å²) in [6.07, 6.45) is 2.66. The van der Waals surface area contributed by atoms with Crippen molar-refractivity contribution in [1.29, 1.82) is 0 Å². The first-order valence-electron chi connectivity index (χ1n) is 5.89. The van der Waals surface area contributed by atoms with E-state index >= 15 is 0 Å². The summed E-state index contributed by atoms with van der Waals surface area (Å²) in [5.41, 5.74) is 1.17. The molecule has 2 rings (SSSR count). The summed E-state index contributed by atoms with van der Waals surface area (Å²) in [6.45, 7) is 1.68. The number of anilines is 1. The summed E-state index contributed by atoms with van der Waals surface area (Å²) >= 11 is 0. The SMILES string of the molecule is CN(C)c1cccc(OCCNC2CC2)c1. The minimum Gasteiger partial charge on any atom is -0.492 e. The van der Waals surface area contributed by atoms with E-state index in [0.717, 1.165) is 24.9 Å². The molecule has 1 N–H and O–H groups in total. The Hall–Kier alpha value is -1.22. The number of nitrogens with zero attached hydrogens (tertiary/aromatic N) is 1. The van der Waals surface area contributed by atoms with Crippen LogP contribution in [0.25, 0.3) is 0 Å². The molecule has 3 heteroatoms. The molecule has 0 aromatic heterocycles. The number of rotatable bonds is 6. The van der Waals surface area contributed by atoms with Gasteiger partial charge in [-0.3, -0.25) is 0 Å². The highest BCUT2D eigenvalue weighted by Gasteiger charge is 2.19. The summed E-state index contributed by atoms with van der Waals surface area (Å²) in [5, 5.41) is 3.43. The van der Waals surface area contributed by atoms with Gasteiger partial charge in [0.1, 0.15) is 12.4 Å². The Morgan fingerprint density at radius 1 is 1.38 bits per heavy atom. The standard InChI is InChI=1S/C13H20N2O/c1-15(2)12-4-3-5-13(10-12)16-9-8-14-11-6-7-11/h3-5,10-11,14H,6-9H2,1-2H3. The van der Waals surface area contributed by atoms with Crippen molar-refractivity contribution in [3.05, 3.63) is 24.3 Å². The van der Waals surface area contributed by atoms with Crippen molar-refractivity contribution in [2.24, 2.45) is 0 Å². The molecule has 1 aromatic carbocycles. The lowest BCUT2D eigenvalue weighted by Crippen LogP contribution is -2.22. The summed E-state index contributed by atoms with van der Waals surface area (Å²) in [4.78, 5) is 2.08. The summed E-state index contributed by atoms with van der Waals surface area (Å²) in [6, 6.07) is 8.94. The topological polar surface area (TPSA) is 24.5 Å². The van der Waals surface area contributed by atoms with E-state index in [9.17, 15) is 0 Å². The lowest BCUT2D eigenvalue weighted by atomic mass is 10.3. The molecule has 0 aliphatic heterocycles. The van der Waals surface area contributed by atoms with Crippen LogP contribution in [0.3, 0.4) is 0 Å². The normalized spacial score (nSPS) is 14.9. The van der Waals surface area contributed by atoms with Crippen LogP contribution in [0.5, 0.6) is 5.75 Å². The average molecular weight is 220 g/mol. The predicted octanol–water partition coefficient (Wildman–Crippen LogP) is 1.88. The van der Waals surface area contributed by atoms with Gasteiger partial charge in [-0.15, -0.1) is 0 Å². The van der Waals surface area contributed by atoms with Crippen molar-refractivity contribution >= 4 is 5.69 Å². The monoisotopic (exact) mass is 220 g/mol. The van der Waals surface area contributed by atoms with Crippen LogP contribution in [-0.2, 0) is 0 Å². The van der Waals surface area contributed by atoms with E-state index in [1.807, 2.05) is 26.2 Å². The van der Waals surface area contributed by atoms with Gasteiger partial charge in [0.2, 0.25) is 0 Å². The maximum absolute atomic E-state index is 5.69. The van der Waals surface area contributed by atoms with Gasteiger partial charge >= 0.3 is 0 Å². The van der Waals surface area contributed by atoms with E-state index in [0.29, 0.717) is 0 Å². The Labute approximate surface area is 97.4 Å². The van der Waals surface area contributed by atoms with Gasteiger partial charge in [-0.1, -0.05) is 6.07 Å². The fourth-order valence-electron chi connectivity index (χ4n) is 1.57. The molecule has 1 aromatic rings. The summed E-state index contributed by atoms with van der Waals surface area (Å²) < 4.78 is 5.69. The Kier molecular flexibility index (Phi) is 3.67. The fraction of sp³-hybridized carbons (Fsp3) is 0.538. The molecule has 0 saturated heterocycles. The van der Waals surface area contributed by atoms with Crippen molar-refractivity contribution in [3.63, 3.8) is 0 Å². The van der Waals surface area contributed by atoms with Crippen LogP contribution in [0, 0.1) is 0 Å². The minimum atomic E-state index is 0.743. The van der Waals surface area contributed by atoms with Crippen LogP contribution < -0.4 is 15.0 Å². The largest absolute Gasteiger partial charge is 0.492 e. The van der Waals surface area contributed by atoms with E-state index in [-0.39, 0.29) is 0 Å². The van der Waals surface area contributed by atoms with Crippen LogP contribution in [-0.4, -0.2) is 33.3 Å². The lowest BCUT2D eigenvalue weighted by molar-refractivity contribution is 0.313. The first-order valence-corrected chi connectivity index (χ1v) is 5.89. The van der Waals surface area contributed by atoms with Crippen molar-refractivity contribution < 1.29 is 4.74 Å². The maximum Gasteiger partial charge on any atom is 0.121 e. The molecular formula is C13H20N2O. The molecule has 1 saturated carbocycles. The Morgan fingerprint density at radius 3 is 2.88 bits per heavy atom. The Morgan fingerprint density at radius 2 is 2.19 bits per heavy atom. The zero-order valence-electron chi connectivity index (χ0n) is 10.1. The minimum absolute atomic E-state index is 0.743. The third kappa shape index (κ3) is 3.42. The van der Waals surface area contributed by atoms with Crippen molar-refractivity contribution in [3.8, 4) is 5.75 Å². The number of ether oxygens (including phenoxy) is 1. The second-order valence-electron chi connectivity index (χ2n) is 4.47. The molecule has 88 valence electrons. The summed E-state index contributed by atoms with van der Waals surface area (Å²) in [5.74, 6) is 0.948. The number of nitrogens with one attached hydrogen (secondary N) is 1. The quantitative estimate of drug-likeness (QED) is 0.741. The van der Waals surface area contributed by atoms with E-state index in [1.54, 1.807) is 0 Å². The van der Waals surface area contributed by atoms with Gasteiger partial charge in [0.15, 0.2) is 0 Å². The fourth-order valence-corrected chi connectivity index (χ4v) is 1.57. The molecule has 0 radical (unpaired) electrons. The van der Waals surface area contributed by atoms with Crippen molar-refractivity contribution in [2.75, 3.05) is 32.1 Å². The third-order valence-corrected chi connectivity index (χ3v) is 2.72. The van der Waals surface area contributed by atoms with Gasteiger partial charge in [0, 0.05) is 38.4 Å². The highest BCUT2D eigenvalue weighted by Crippen LogP contribution is 2.20. The van der Waals surface area contributed by atoms with Crippen LogP contribution in [0.4, 0.5) is 5.69 Å². The molecular weight excluding hydrogens is 200 g/mol. The van der Waals surface area contributed by atoms with E-state index < -0.39 is 0 Å². The zero-order valence-corrected chi connectivity index (χ0v) is 10.1. The second kappa shape index (κ2) is 5.21. The van der Waals surface area contributed by atoms with Gasteiger partial charge in [-0.05, 0) is 25.0 Å². The summed E-state index contributed by atoms with van der Waals surface area (Å²) in [7, 11) is 4.07. The molecule has 1 fully saturated rings. The maximum atomic E-state index is 5.69. The van der Waals surface area contributed by atoms with Gasteiger partial charge < -0.3 is 15.0 Å². The molecule has 0 heterocycles. The first kappa shape index (κ1) is 11.3. The van der Waals surface area contributed by atoms with E-state index in [1.165, 1.54) is 18.5 Å². The molecule has 16 heavy (non-hydrogen) atoms. The molecule has 0 unspecified atom stereocenters. The van der Waals surface area contributed by atoms with E-state index in [2.05, 4.69) is 22.3 Å². The predicted molar refractivity (Wildman–Crippen MR) is 67.3 cm³/mol. The molecule has 0 bridgehead atoms. The van der Waals surface area contributed by atoms with Crippen LogP contribution >= 0.6 is 0 Å². The van der Waals surface area contributed by atoms with Crippen molar-refractivity contribution in [2.45, 2.75) is 18.9 Å². The average Bonchev–Trinajstić information content (AvgIpc) is 3.09. The molecule has 0 amide bonds. The first-order chi connectivity index (χ1) is 7.75. The Bertz CT molecular complexity index is 334. The smallest absolute Gasteiger partial charge is 0.121 e. The molecule has 3 nitrogen and oxygen atoms in total. The second-order valence-corrected chi connectivity index (χ2v) is 4.47.